The molecular formula is C24H25N3O3. The van der Waals surface area contributed by atoms with Crippen LogP contribution in [0.15, 0.2) is 65.2 Å². The second kappa shape index (κ2) is 9.39. The molecular weight excluding hydrogens is 378 g/mol. The molecule has 1 aromatic heterocycles. The zero-order chi connectivity index (χ0) is 20.8. The Morgan fingerprint density at radius 2 is 1.87 bits per heavy atom. The largest absolute Gasteiger partial charge is 0.489 e. The average Bonchev–Trinajstić information content (AvgIpc) is 3.24. The fraction of sp³-hybridized carbons (Fsp3) is 0.292. The van der Waals surface area contributed by atoms with Gasteiger partial charge in [0.25, 0.3) is 0 Å². The van der Waals surface area contributed by atoms with Gasteiger partial charge in [-0.25, -0.2) is 0 Å². The molecule has 0 bridgehead atoms. The van der Waals surface area contributed by atoms with Crippen LogP contribution in [0.4, 0.5) is 0 Å². The van der Waals surface area contributed by atoms with Gasteiger partial charge >= 0.3 is 0 Å². The van der Waals surface area contributed by atoms with E-state index in [9.17, 15) is 4.79 Å². The van der Waals surface area contributed by atoms with Gasteiger partial charge in [0.05, 0.1) is 0 Å². The van der Waals surface area contributed by atoms with Crippen molar-refractivity contribution in [1.29, 1.82) is 0 Å². The second-order valence-corrected chi connectivity index (χ2v) is 7.46. The Kier molecular flexibility index (Phi) is 6.23. The minimum Gasteiger partial charge on any atom is -0.489 e. The molecule has 0 saturated carbocycles. The van der Waals surface area contributed by atoms with E-state index in [1.54, 1.807) is 6.08 Å². The van der Waals surface area contributed by atoms with Crippen LogP contribution in [0.1, 0.15) is 41.6 Å². The molecule has 0 radical (unpaired) electrons. The second-order valence-electron chi connectivity index (χ2n) is 7.46. The highest BCUT2D eigenvalue weighted by atomic mass is 16.5. The molecule has 0 spiro atoms. The molecule has 0 atom stereocenters. The lowest BCUT2D eigenvalue weighted by Crippen LogP contribution is -2.36. The standard InChI is InChI=1S/C24H25N3O3/c1-18-25-24(30-26-18)21-13-15-27(16-14-21)23(28)12-9-19-7-10-22(11-8-19)29-17-20-5-3-2-4-6-20/h2-12,21H,13-17H2,1H3. The maximum absolute atomic E-state index is 12.5. The molecule has 1 aliphatic heterocycles. The van der Waals surface area contributed by atoms with E-state index >= 15 is 0 Å². The van der Waals surface area contributed by atoms with Crippen LogP contribution in [0.3, 0.4) is 0 Å². The lowest BCUT2D eigenvalue weighted by Gasteiger charge is -2.29. The zero-order valence-corrected chi connectivity index (χ0v) is 17.0. The van der Waals surface area contributed by atoms with Crippen LogP contribution in [0.5, 0.6) is 5.75 Å². The summed E-state index contributed by atoms with van der Waals surface area (Å²) in [5.41, 5.74) is 2.09. The van der Waals surface area contributed by atoms with Gasteiger partial charge in [0.15, 0.2) is 5.82 Å². The van der Waals surface area contributed by atoms with Crippen molar-refractivity contribution in [3.8, 4) is 5.75 Å². The van der Waals surface area contributed by atoms with E-state index in [1.807, 2.05) is 72.5 Å². The number of carbonyl (C=O) groups excluding carboxylic acids is 1. The number of hydrogen-bond donors (Lipinski definition) is 0. The Hall–Kier alpha value is -3.41. The monoisotopic (exact) mass is 403 g/mol. The predicted octanol–water partition coefficient (Wildman–Crippen LogP) is 4.38. The molecule has 1 aliphatic rings. The minimum absolute atomic E-state index is 0.0274. The molecule has 0 aliphatic carbocycles. The Labute approximate surface area is 176 Å². The Balaban J connectivity index is 1.26. The van der Waals surface area contributed by atoms with Gasteiger partial charge in [-0.15, -0.1) is 0 Å². The fourth-order valence-corrected chi connectivity index (χ4v) is 3.51. The number of hydrogen-bond acceptors (Lipinski definition) is 5. The molecule has 154 valence electrons. The third-order valence-corrected chi connectivity index (χ3v) is 5.25. The summed E-state index contributed by atoms with van der Waals surface area (Å²) in [5.74, 6) is 2.41. The summed E-state index contributed by atoms with van der Waals surface area (Å²) in [5, 5.41) is 3.86. The molecule has 3 aromatic rings. The summed E-state index contributed by atoms with van der Waals surface area (Å²) < 4.78 is 11.1. The molecule has 4 rings (SSSR count). The molecule has 1 fully saturated rings. The molecule has 30 heavy (non-hydrogen) atoms. The summed E-state index contributed by atoms with van der Waals surface area (Å²) in [6.45, 7) is 3.75. The molecule has 2 aromatic carbocycles. The number of ether oxygens (including phenoxy) is 1. The number of benzene rings is 2. The third-order valence-electron chi connectivity index (χ3n) is 5.25. The molecule has 6 nitrogen and oxygen atoms in total. The number of amides is 1. The molecule has 0 unspecified atom stereocenters. The Bertz CT molecular complexity index is 988. The van der Waals surface area contributed by atoms with Crippen molar-refractivity contribution in [2.75, 3.05) is 13.1 Å². The van der Waals surface area contributed by atoms with Crippen LogP contribution in [0, 0.1) is 6.92 Å². The Morgan fingerprint density at radius 3 is 2.53 bits per heavy atom. The van der Waals surface area contributed by atoms with Gasteiger partial charge in [0, 0.05) is 25.1 Å². The first-order valence-electron chi connectivity index (χ1n) is 10.2. The number of aromatic nitrogens is 2. The van der Waals surface area contributed by atoms with Gasteiger partial charge in [0.2, 0.25) is 11.8 Å². The number of likely N-dealkylation sites (tertiary alicyclic amines) is 1. The van der Waals surface area contributed by atoms with E-state index in [4.69, 9.17) is 9.26 Å². The van der Waals surface area contributed by atoms with E-state index in [2.05, 4.69) is 10.1 Å². The third kappa shape index (κ3) is 5.14. The molecule has 1 saturated heterocycles. The highest BCUT2D eigenvalue weighted by Gasteiger charge is 2.26. The van der Waals surface area contributed by atoms with E-state index in [0.29, 0.717) is 31.4 Å². The first-order chi connectivity index (χ1) is 14.7. The molecule has 1 amide bonds. The highest BCUT2D eigenvalue weighted by molar-refractivity contribution is 5.91. The lowest BCUT2D eigenvalue weighted by molar-refractivity contribution is -0.127. The smallest absolute Gasteiger partial charge is 0.246 e. The first kappa shape index (κ1) is 19.9. The van der Waals surface area contributed by atoms with Gasteiger partial charge in [-0.3, -0.25) is 4.79 Å². The average molecular weight is 403 g/mol. The van der Waals surface area contributed by atoms with Crippen LogP contribution >= 0.6 is 0 Å². The van der Waals surface area contributed by atoms with Gasteiger partial charge < -0.3 is 14.2 Å². The number of rotatable bonds is 6. The molecule has 0 N–H and O–H groups in total. The van der Waals surface area contributed by atoms with Crippen molar-refractivity contribution < 1.29 is 14.1 Å². The van der Waals surface area contributed by atoms with Crippen molar-refractivity contribution in [1.82, 2.24) is 15.0 Å². The van der Waals surface area contributed by atoms with Gasteiger partial charge in [0.1, 0.15) is 12.4 Å². The van der Waals surface area contributed by atoms with Gasteiger partial charge in [-0.2, -0.15) is 4.98 Å². The van der Waals surface area contributed by atoms with Crippen molar-refractivity contribution in [2.24, 2.45) is 0 Å². The van der Waals surface area contributed by atoms with E-state index < -0.39 is 0 Å². The normalized spacial score (nSPS) is 14.9. The maximum Gasteiger partial charge on any atom is 0.246 e. The number of carbonyl (C=O) groups is 1. The van der Waals surface area contributed by atoms with E-state index in [-0.39, 0.29) is 11.8 Å². The van der Waals surface area contributed by atoms with Crippen LogP contribution in [-0.2, 0) is 11.4 Å². The molecule has 2 heterocycles. The number of piperidine rings is 1. The SMILES string of the molecule is Cc1noc(C2CCN(C(=O)C=Cc3ccc(OCc4ccccc4)cc3)CC2)n1. The number of aryl methyl sites for hydroxylation is 1. The van der Waals surface area contributed by atoms with Crippen molar-refractivity contribution in [3.05, 3.63) is 83.5 Å². The minimum atomic E-state index is 0.0274. The van der Waals surface area contributed by atoms with Crippen molar-refractivity contribution >= 4 is 12.0 Å². The summed E-state index contributed by atoms with van der Waals surface area (Å²) in [4.78, 5) is 18.7. The van der Waals surface area contributed by atoms with Gasteiger partial charge in [-0.05, 0) is 49.1 Å². The van der Waals surface area contributed by atoms with Crippen LogP contribution < -0.4 is 4.74 Å². The Morgan fingerprint density at radius 1 is 1.13 bits per heavy atom. The summed E-state index contributed by atoms with van der Waals surface area (Å²) in [6.07, 6.45) is 5.16. The first-order valence-corrected chi connectivity index (χ1v) is 10.2. The summed E-state index contributed by atoms with van der Waals surface area (Å²) in [6, 6.07) is 17.8. The maximum atomic E-state index is 12.5. The van der Waals surface area contributed by atoms with Crippen LogP contribution in [0.2, 0.25) is 0 Å². The highest BCUT2D eigenvalue weighted by Crippen LogP contribution is 2.26. The van der Waals surface area contributed by atoms with E-state index in [0.717, 1.165) is 29.7 Å². The predicted molar refractivity (Wildman–Crippen MR) is 114 cm³/mol. The van der Waals surface area contributed by atoms with Crippen LogP contribution in [-0.4, -0.2) is 34.0 Å². The molecule has 6 heteroatoms. The van der Waals surface area contributed by atoms with Crippen molar-refractivity contribution in [3.63, 3.8) is 0 Å². The summed E-state index contributed by atoms with van der Waals surface area (Å²) in [7, 11) is 0. The van der Waals surface area contributed by atoms with E-state index in [1.165, 1.54) is 0 Å². The van der Waals surface area contributed by atoms with Crippen LogP contribution in [0.25, 0.3) is 6.08 Å². The fourth-order valence-electron chi connectivity index (χ4n) is 3.51. The topological polar surface area (TPSA) is 68.5 Å². The lowest BCUT2D eigenvalue weighted by atomic mass is 9.96. The number of nitrogens with zero attached hydrogens (tertiary/aromatic N) is 3. The summed E-state index contributed by atoms with van der Waals surface area (Å²) >= 11 is 0. The van der Waals surface area contributed by atoms with Crippen molar-refractivity contribution in [2.45, 2.75) is 32.3 Å². The zero-order valence-electron chi connectivity index (χ0n) is 17.0. The van der Waals surface area contributed by atoms with Gasteiger partial charge in [-0.1, -0.05) is 47.6 Å². The quantitative estimate of drug-likeness (QED) is 0.572.